The van der Waals surface area contributed by atoms with Gasteiger partial charge in [-0.3, -0.25) is 4.79 Å². The lowest BCUT2D eigenvalue weighted by Gasteiger charge is -2.18. The quantitative estimate of drug-likeness (QED) is 0.503. The SMILES string of the molecule is Cn1c(C[C@@H]2CCS(=O)(=O)C2)nnc1SCC(=O)N[C@H](c1ccccc1)c1cccs1. The standard InChI is InChI=1S/C21H24N4O3S3/c1-25-18(12-15-9-11-31(27,28)14-15)23-24-21(25)30-13-19(26)22-20(17-8-5-10-29-17)16-6-3-2-4-7-16/h2-8,10,15,20H,9,11-14H2,1H3,(H,22,26)/t15-,20+/m0/s1. The van der Waals surface area contributed by atoms with Crippen LogP contribution in [0.15, 0.2) is 53.0 Å². The molecule has 4 rings (SSSR count). The fraction of sp³-hybridized carbons (Fsp3) is 0.381. The summed E-state index contributed by atoms with van der Waals surface area (Å²) in [5.74, 6) is 1.45. The maximum Gasteiger partial charge on any atom is 0.231 e. The third-order valence-electron chi connectivity index (χ3n) is 5.32. The van der Waals surface area contributed by atoms with E-state index in [2.05, 4.69) is 15.5 Å². The molecule has 0 radical (unpaired) electrons. The minimum absolute atomic E-state index is 0.0845. The van der Waals surface area contributed by atoms with E-state index in [-0.39, 0.29) is 35.1 Å². The number of sulfone groups is 1. The lowest BCUT2D eigenvalue weighted by Crippen LogP contribution is -2.30. The maximum atomic E-state index is 12.7. The van der Waals surface area contributed by atoms with Crippen molar-refractivity contribution in [1.29, 1.82) is 0 Å². The van der Waals surface area contributed by atoms with Crippen molar-refractivity contribution in [3.63, 3.8) is 0 Å². The normalized spacial score (nSPS) is 18.7. The monoisotopic (exact) mass is 476 g/mol. The molecular formula is C21H24N4O3S3. The molecule has 1 aromatic carbocycles. The molecule has 0 unspecified atom stereocenters. The summed E-state index contributed by atoms with van der Waals surface area (Å²) >= 11 is 2.94. The molecule has 1 N–H and O–H groups in total. The summed E-state index contributed by atoms with van der Waals surface area (Å²) in [7, 11) is -1.05. The molecule has 1 saturated heterocycles. The van der Waals surface area contributed by atoms with Gasteiger partial charge in [-0.2, -0.15) is 0 Å². The van der Waals surface area contributed by atoms with Gasteiger partial charge in [-0.15, -0.1) is 21.5 Å². The number of hydrogen-bond donors (Lipinski definition) is 1. The summed E-state index contributed by atoms with van der Waals surface area (Å²) in [5, 5.41) is 14.2. The summed E-state index contributed by atoms with van der Waals surface area (Å²) in [6.07, 6.45) is 1.26. The lowest BCUT2D eigenvalue weighted by molar-refractivity contribution is -0.119. The number of rotatable bonds is 8. The molecule has 0 aliphatic carbocycles. The highest BCUT2D eigenvalue weighted by molar-refractivity contribution is 7.99. The highest BCUT2D eigenvalue weighted by atomic mass is 32.2. The van der Waals surface area contributed by atoms with Gasteiger partial charge < -0.3 is 9.88 Å². The van der Waals surface area contributed by atoms with Gasteiger partial charge in [-0.1, -0.05) is 48.2 Å². The molecule has 2 atom stereocenters. The van der Waals surface area contributed by atoms with Crippen LogP contribution in [0.5, 0.6) is 0 Å². The van der Waals surface area contributed by atoms with E-state index in [1.54, 1.807) is 11.3 Å². The number of carbonyl (C=O) groups is 1. The van der Waals surface area contributed by atoms with Gasteiger partial charge in [-0.05, 0) is 29.3 Å². The maximum absolute atomic E-state index is 12.7. The average Bonchev–Trinajstić information content (AvgIpc) is 3.48. The first-order valence-electron chi connectivity index (χ1n) is 10.0. The number of nitrogens with one attached hydrogen (secondary N) is 1. The first-order valence-corrected chi connectivity index (χ1v) is 13.7. The number of nitrogens with zero attached hydrogens (tertiary/aromatic N) is 3. The van der Waals surface area contributed by atoms with Crippen molar-refractivity contribution in [2.45, 2.75) is 24.0 Å². The van der Waals surface area contributed by atoms with E-state index in [1.807, 2.05) is 59.5 Å². The van der Waals surface area contributed by atoms with Crippen molar-refractivity contribution in [3.8, 4) is 0 Å². The van der Waals surface area contributed by atoms with Crippen molar-refractivity contribution in [3.05, 3.63) is 64.1 Å². The van der Waals surface area contributed by atoms with E-state index in [0.29, 0.717) is 18.0 Å². The van der Waals surface area contributed by atoms with Gasteiger partial charge in [0.15, 0.2) is 15.0 Å². The van der Waals surface area contributed by atoms with Crippen LogP contribution in [0, 0.1) is 5.92 Å². The van der Waals surface area contributed by atoms with Gasteiger partial charge in [0, 0.05) is 18.3 Å². The fourth-order valence-corrected chi connectivity index (χ4v) is 7.10. The second-order valence-electron chi connectivity index (χ2n) is 7.65. The van der Waals surface area contributed by atoms with Crippen LogP contribution in [-0.4, -0.2) is 46.3 Å². The zero-order valence-electron chi connectivity index (χ0n) is 17.1. The summed E-state index contributed by atoms with van der Waals surface area (Å²) < 4.78 is 25.2. The Balaban J connectivity index is 1.37. The summed E-state index contributed by atoms with van der Waals surface area (Å²) in [6, 6.07) is 13.7. The van der Waals surface area contributed by atoms with Crippen molar-refractivity contribution >= 4 is 38.8 Å². The first kappa shape index (κ1) is 22.0. The third-order valence-corrected chi connectivity index (χ3v) is 9.12. The number of aromatic nitrogens is 3. The molecule has 0 bridgehead atoms. The summed E-state index contributed by atoms with van der Waals surface area (Å²) in [5.41, 5.74) is 1.04. The van der Waals surface area contributed by atoms with E-state index >= 15 is 0 Å². The minimum atomic E-state index is -2.91. The largest absolute Gasteiger partial charge is 0.344 e. The van der Waals surface area contributed by atoms with Crippen LogP contribution in [0.3, 0.4) is 0 Å². The second-order valence-corrected chi connectivity index (χ2v) is 11.8. The van der Waals surface area contributed by atoms with Gasteiger partial charge in [0.1, 0.15) is 5.82 Å². The van der Waals surface area contributed by atoms with E-state index in [4.69, 9.17) is 0 Å². The molecular weight excluding hydrogens is 452 g/mol. The number of amides is 1. The summed E-state index contributed by atoms with van der Waals surface area (Å²) in [4.78, 5) is 13.8. The van der Waals surface area contributed by atoms with Crippen molar-refractivity contribution < 1.29 is 13.2 Å². The second kappa shape index (κ2) is 9.54. The zero-order chi connectivity index (χ0) is 21.8. The van der Waals surface area contributed by atoms with E-state index in [9.17, 15) is 13.2 Å². The molecule has 3 heterocycles. The third kappa shape index (κ3) is 5.55. The van der Waals surface area contributed by atoms with Gasteiger partial charge in [0.2, 0.25) is 5.91 Å². The van der Waals surface area contributed by atoms with Crippen LogP contribution in [0.4, 0.5) is 0 Å². The van der Waals surface area contributed by atoms with Crippen LogP contribution in [0.25, 0.3) is 0 Å². The molecule has 0 spiro atoms. The van der Waals surface area contributed by atoms with Gasteiger partial charge >= 0.3 is 0 Å². The van der Waals surface area contributed by atoms with Crippen LogP contribution >= 0.6 is 23.1 Å². The predicted molar refractivity (Wildman–Crippen MR) is 123 cm³/mol. The Morgan fingerprint density at radius 3 is 2.74 bits per heavy atom. The molecule has 1 aliphatic rings. The minimum Gasteiger partial charge on any atom is -0.344 e. The number of thiophene rings is 1. The molecule has 0 saturated carbocycles. The lowest BCUT2D eigenvalue weighted by atomic mass is 10.1. The van der Waals surface area contributed by atoms with E-state index in [0.717, 1.165) is 16.3 Å². The molecule has 3 aromatic rings. The molecule has 164 valence electrons. The van der Waals surface area contributed by atoms with Crippen LogP contribution in [0.2, 0.25) is 0 Å². The Morgan fingerprint density at radius 2 is 2.06 bits per heavy atom. The molecule has 1 aliphatic heterocycles. The van der Waals surface area contributed by atoms with Gasteiger partial charge in [-0.25, -0.2) is 8.42 Å². The Hall–Kier alpha value is -2.17. The van der Waals surface area contributed by atoms with E-state index in [1.165, 1.54) is 11.8 Å². The first-order chi connectivity index (χ1) is 14.9. The van der Waals surface area contributed by atoms with Crippen LogP contribution in [-0.2, 0) is 28.1 Å². The number of hydrogen-bond acceptors (Lipinski definition) is 7. The van der Waals surface area contributed by atoms with Crippen LogP contribution < -0.4 is 5.32 Å². The molecule has 1 amide bonds. The van der Waals surface area contributed by atoms with Crippen molar-refractivity contribution in [1.82, 2.24) is 20.1 Å². The topological polar surface area (TPSA) is 93.9 Å². The Kier molecular flexibility index (Phi) is 6.78. The molecule has 7 nitrogen and oxygen atoms in total. The summed E-state index contributed by atoms with van der Waals surface area (Å²) in [6.45, 7) is 0. The molecule has 31 heavy (non-hydrogen) atoms. The van der Waals surface area contributed by atoms with Crippen molar-refractivity contribution in [2.75, 3.05) is 17.3 Å². The highest BCUT2D eigenvalue weighted by Gasteiger charge is 2.29. The highest BCUT2D eigenvalue weighted by Crippen LogP contribution is 2.27. The number of thioether (sulfide) groups is 1. The zero-order valence-corrected chi connectivity index (χ0v) is 19.5. The Bertz CT molecular complexity index is 1130. The van der Waals surface area contributed by atoms with Crippen molar-refractivity contribution in [2.24, 2.45) is 13.0 Å². The molecule has 2 aromatic heterocycles. The van der Waals surface area contributed by atoms with Gasteiger partial charge in [0.05, 0.1) is 23.3 Å². The van der Waals surface area contributed by atoms with Gasteiger partial charge in [0.25, 0.3) is 0 Å². The average molecular weight is 477 g/mol. The molecule has 1 fully saturated rings. The van der Waals surface area contributed by atoms with Crippen LogP contribution in [0.1, 0.15) is 28.7 Å². The fourth-order valence-electron chi connectivity index (χ4n) is 3.69. The van der Waals surface area contributed by atoms with E-state index < -0.39 is 9.84 Å². The number of carbonyl (C=O) groups excluding carboxylic acids is 1. The predicted octanol–water partition coefficient (Wildman–Crippen LogP) is 2.85. The molecule has 10 heteroatoms. The number of benzene rings is 1. The Labute approximate surface area is 190 Å². The smallest absolute Gasteiger partial charge is 0.231 e. The Morgan fingerprint density at radius 1 is 1.26 bits per heavy atom.